The van der Waals surface area contributed by atoms with Gasteiger partial charge in [0.1, 0.15) is 23.1 Å². The zero-order chi connectivity index (χ0) is 15.4. The molecule has 6 heteroatoms. The number of ether oxygens (including phenoxy) is 2. The summed E-state index contributed by atoms with van der Waals surface area (Å²) >= 11 is 0. The van der Waals surface area contributed by atoms with Crippen LogP contribution in [0.25, 0.3) is 0 Å². The van der Waals surface area contributed by atoms with Crippen LogP contribution in [0.5, 0.6) is 11.5 Å². The summed E-state index contributed by atoms with van der Waals surface area (Å²) in [7, 11) is 2.92. The fourth-order valence-electron chi connectivity index (χ4n) is 1.78. The monoisotopic (exact) mass is 293 g/mol. The highest BCUT2D eigenvalue weighted by molar-refractivity contribution is 6.05. The molecule has 2 aromatic carbocycles. The first-order valence-corrected chi connectivity index (χ1v) is 6.03. The minimum Gasteiger partial charge on any atom is -0.497 e. The predicted octanol–water partition coefficient (Wildman–Crippen LogP) is 3.23. The molecule has 2 rings (SSSR count). The lowest BCUT2D eigenvalue weighted by Crippen LogP contribution is -2.14. The Morgan fingerprint density at radius 1 is 1.05 bits per heavy atom. The van der Waals surface area contributed by atoms with Crippen LogP contribution < -0.4 is 14.8 Å². The van der Waals surface area contributed by atoms with E-state index in [9.17, 15) is 13.6 Å². The molecular formula is C15H13F2NO3. The minimum absolute atomic E-state index is 0.263. The molecule has 0 aliphatic rings. The number of methoxy groups -OCH3 is 2. The maximum Gasteiger partial charge on any atom is 0.258 e. The molecule has 0 aromatic heterocycles. The number of amides is 1. The van der Waals surface area contributed by atoms with Gasteiger partial charge in [0.25, 0.3) is 5.91 Å². The Kier molecular flexibility index (Phi) is 4.37. The van der Waals surface area contributed by atoms with Crippen molar-refractivity contribution < 1.29 is 23.0 Å². The summed E-state index contributed by atoms with van der Waals surface area (Å²) in [5.74, 6) is -1.49. The van der Waals surface area contributed by atoms with Gasteiger partial charge in [-0.2, -0.15) is 0 Å². The van der Waals surface area contributed by atoms with Gasteiger partial charge in [0.05, 0.1) is 25.5 Å². The van der Waals surface area contributed by atoms with Gasteiger partial charge in [0.2, 0.25) is 0 Å². The van der Waals surface area contributed by atoms with Gasteiger partial charge in [0.15, 0.2) is 0 Å². The van der Waals surface area contributed by atoms with Gasteiger partial charge in [-0.05, 0) is 24.3 Å². The van der Waals surface area contributed by atoms with Crippen molar-refractivity contribution in [3.8, 4) is 11.5 Å². The molecule has 2 aromatic rings. The van der Waals surface area contributed by atoms with E-state index in [0.29, 0.717) is 23.3 Å². The summed E-state index contributed by atoms with van der Waals surface area (Å²) in [4.78, 5) is 12.0. The average Bonchev–Trinajstić information content (AvgIpc) is 2.46. The third-order valence-corrected chi connectivity index (χ3v) is 2.83. The van der Waals surface area contributed by atoms with Crippen LogP contribution >= 0.6 is 0 Å². The minimum atomic E-state index is -0.936. The smallest absolute Gasteiger partial charge is 0.258 e. The number of carbonyl (C=O) groups excluding carboxylic acids is 1. The second-order valence-corrected chi connectivity index (χ2v) is 4.14. The molecule has 0 saturated heterocycles. The van der Waals surface area contributed by atoms with Gasteiger partial charge in [-0.3, -0.25) is 4.79 Å². The van der Waals surface area contributed by atoms with Crippen molar-refractivity contribution in [1.29, 1.82) is 0 Å². The van der Waals surface area contributed by atoms with Crippen molar-refractivity contribution in [3.05, 3.63) is 53.6 Å². The van der Waals surface area contributed by atoms with Gasteiger partial charge in [0, 0.05) is 12.1 Å². The Bertz CT molecular complexity index is 674. The zero-order valence-corrected chi connectivity index (χ0v) is 11.4. The molecule has 0 fully saturated rings. The second-order valence-electron chi connectivity index (χ2n) is 4.14. The van der Waals surface area contributed by atoms with Gasteiger partial charge >= 0.3 is 0 Å². The molecule has 0 radical (unpaired) electrons. The van der Waals surface area contributed by atoms with Crippen LogP contribution in [0, 0.1) is 11.6 Å². The summed E-state index contributed by atoms with van der Waals surface area (Å²) in [5.41, 5.74) is 0.0619. The van der Waals surface area contributed by atoms with E-state index < -0.39 is 17.5 Å². The standard InChI is InChI=1S/C15H13F2NO3/c1-20-10-4-6-14(21-2)13(8-10)18-15(19)11-5-3-9(16)7-12(11)17/h3-8H,1-2H3,(H,18,19). The van der Waals surface area contributed by atoms with Crippen molar-refractivity contribution in [2.45, 2.75) is 0 Å². The fraction of sp³-hybridized carbons (Fsp3) is 0.133. The fourth-order valence-corrected chi connectivity index (χ4v) is 1.78. The first kappa shape index (κ1) is 14.8. The highest BCUT2D eigenvalue weighted by Gasteiger charge is 2.15. The number of hydrogen-bond donors (Lipinski definition) is 1. The first-order chi connectivity index (χ1) is 10.0. The summed E-state index contributed by atoms with van der Waals surface area (Å²) in [5, 5.41) is 2.51. The third kappa shape index (κ3) is 3.28. The topological polar surface area (TPSA) is 47.6 Å². The lowest BCUT2D eigenvalue weighted by Gasteiger charge is -2.12. The maximum absolute atomic E-state index is 13.6. The summed E-state index contributed by atoms with van der Waals surface area (Å²) < 4.78 is 36.6. The number of anilines is 1. The van der Waals surface area contributed by atoms with E-state index in [0.717, 1.165) is 12.1 Å². The van der Waals surface area contributed by atoms with E-state index in [4.69, 9.17) is 9.47 Å². The highest BCUT2D eigenvalue weighted by Crippen LogP contribution is 2.29. The summed E-state index contributed by atoms with van der Waals surface area (Å²) in [6.07, 6.45) is 0. The van der Waals surface area contributed by atoms with E-state index >= 15 is 0 Å². The predicted molar refractivity (Wildman–Crippen MR) is 73.9 cm³/mol. The number of nitrogens with one attached hydrogen (secondary N) is 1. The molecule has 21 heavy (non-hydrogen) atoms. The Morgan fingerprint density at radius 3 is 2.43 bits per heavy atom. The van der Waals surface area contributed by atoms with Crippen LogP contribution in [0.15, 0.2) is 36.4 Å². The molecule has 0 heterocycles. The highest BCUT2D eigenvalue weighted by atomic mass is 19.1. The Morgan fingerprint density at radius 2 is 1.81 bits per heavy atom. The molecule has 0 aliphatic heterocycles. The van der Waals surface area contributed by atoms with Crippen molar-refractivity contribution in [3.63, 3.8) is 0 Å². The lowest BCUT2D eigenvalue weighted by molar-refractivity contribution is 0.102. The molecule has 0 bridgehead atoms. The average molecular weight is 293 g/mol. The van der Waals surface area contributed by atoms with Gasteiger partial charge in [-0.1, -0.05) is 0 Å². The van der Waals surface area contributed by atoms with Crippen molar-refractivity contribution in [2.75, 3.05) is 19.5 Å². The van der Waals surface area contributed by atoms with Crippen LogP contribution in [-0.2, 0) is 0 Å². The SMILES string of the molecule is COc1ccc(OC)c(NC(=O)c2ccc(F)cc2F)c1. The van der Waals surface area contributed by atoms with E-state index in [-0.39, 0.29) is 5.56 Å². The molecule has 1 N–H and O–H groups in total. The molecule has 0 atom stereocenters. The van der Waals surface area contributed by atoms with E-state index in [1.807, 2.05) is 0 Å². The lowest BCUT2D eigenvalue weighted by atomic mass is 10.2. The van der Waals surface area contributed by atoms with E-state index in [1.165, 1.54) is 20.3 Å². The van der Waals surface area contributed by atoms with Crippen LogP contribution in [0.1, 0.15) is 10.4 Å². The normalized spacial score (nSPS) is 10.1. The number of benzene rings is 2. The molecule has 1 amide bonds. The number of halogens is 2. The first-order valence-electron chi connectivity index (χ1n) is 6.03. The number of rotatable bonds is 4. The van der Waals surface area contributed by atoms with Crippen LogP contribution in [0.3, 0.4) is 0 Å². The molecule has 0 spiro atoms. The Balaban J connectivity index is 2.30. The van der Waals surface area contributed by atoms with Crippen LogP contribution in [0.2, 0.25) is 0 Å². The van der Waals surface area contributed by atoms with E-state index in [2.05, 4.69) is 5.32 Å². The van der Waals surface area contributed by atoms with Crippen molar-refractivity contribution >= 4 is 11.6 Å². The van der Waals surface area contributed by atoms with Gasteiger partial charge < -0.3 is 14.8 Å². The number of hydrogen-bond acceptors (Lipinski definition) is 3. The zero-order valence-electron chi connectivity index (χ0n) is 11.4. The second kappa shape index (κ2) is 6.21. The molecular weight excluding hydrogens is 280 g/mol. The quantitative estimate of drug-likeness (QED) is 0.941. The van der Waals surface area contributed by atoms with Gasteiger partial charge in [-0.15, -0.1) is 0 Å². The molecule has 0 aliphatic carbocycles. The van der Waals surface area contributed by atoms with Crippen LogP contribution in [0.4, 0.5) is 14.5 Å². The summed E-state index contributed by atoms with van der Waals surface area (Å²) in [6, 6.07) is 7.55. The Labute approximate surface area is 120 Å². The maximum atomic E-state index is 13.6. The summed E-state index contributed by atoms with van der Waals surface area (Å²) in [6.45, 7) is 0. The number of carbonyl (C=O) groups is 1. The van der Waals surface area contributed by atoms with Crippen LogP contribution in [-0.4, -0.2) is 20.1 Å². The van der Waals surface area contributed by atoms with Crippen molar-refractivity contribution in [1.82, 2.24) is 0 Å². The van der Waals surface area contributed by atoms with Crippen molar-refractivity contribution in [2.24, 2.45) is 0 Å². The third-order valence-electron chi connectivity index (χ3n) is 2.83. The Hall–Kier alpha value is -2.63. The molecule has 110 valence electrons. The van der Waals surface area contributed by atoms with Gasteiger partial charge in [-0.25, -0.2) is 8.78 Å². The van der Waals surface area contributed by atoms with E-state index in [1.54, 1.807) is 12.1 Å². The molecule has 0 saturated carbocycles. The largest absolute Gasteiger partial charge is 0.497 e. The molecule has 4 nitrogen and oxygen atoms in total. The molecule has 0 unspecified atom stereocenters.